The maximum absolute atomic E-state index is 5.29. The Bertz CT molecular complexity index is 610. The van der Waals surface area contributed by atoms with Crippen LogP contribution in [0.3, 0.4) is 0 Å². The standard InChI is InChI=1S/C21H24O/c1-22-20-14-12-19(13-15-20)21(18-9-5-6-10-18)16-11-17-7-3-2-4-8-17/h2-4,7-9,12-15,21H,5-6,10-11,16H2,1H3/t21-/m1/s1. The van der Waals surface area contributed by atoms with Gasteiger partial charge in [0.25, 0.3) is 0 Å². The Balaban J connectivity index is 1.77. The molecule has 0 bridgehead atoms. The van der Waals surface area contributed by atoms with Gasteiger partial charge in [-0.15, -0.1) is 0 Å². The van der Waals surface area contributed by atoms with Crippen molar-refractivity contribution < 1.29 is 4.74 Å². The third kappa shape index (κ3) is 3.59. The van der Waals surface area contributed by atoms with Crippen molar-refractivity contribution in [3.63, 3.8) is 0 Å². The molecule has 1 atom stereocenters. The number of aryl methyl sites for hydroxylation is 1. The number of allylic oxidation sites excluding steroid dienone is 2. The van der Waals surface area contributed by atoms with Crippen LogP contribution in [0.4, 0.5) is 0 Å². The number of benzene rings is 2. The fourth-order valence-electron chi connectivity index (χ4n) is 3.37. The van der Waals surface area contributed by atoms with E-state index >= 15 is 0 Å². The lowest BCUT2D eigenvalue weighted by Crippen LogP contribution is -2.04. The van der Waals surface area contributed by atoms with Crippen molar-refractivity contribution in [2.24, 2.45) is 0 Å². The Labute approximate surface area is 133 Å². The maximum Gasteiger partial charge on any atom is 0.118 e. The molecule has 2 aromatic carbocycles. The minimum atomic E-state index is 0.550. The highest BCUT2D eigenvalue weighted by Crippen LogP contribution is 2.36. The average molecular weight is 292 g/mol. The zero-order valence-corrected chi connectivity index (χ0v) is 13.3. The number of hydrogen-bond acceptors (Lipinski definition) is 1. The minimum absolute atomic E-state index is 0.550. The monoisotopic (exact) mass is 292 g/mol. The summed E-state index contributed by atoms with van der Waals surface area (Å²) in [4.78, 5) is 0. The Morgan fingerprint density at radius 2 is 1.77 bits per heavy atom. The Kier molecular flexibility index (Phi) is 4.95. The molecule has 0 unspecified atom stereocenters. The molecular weight excluding hydrogens is 268 g/mol. The van der Waals surface area contributed by atoms with Crippen LogP contribution in [0.2, 0.25) is 0 Å². The van der Waals surface area contributed by atoms with Crippen LogP contribution < -0.4 is 4.74 Å². The summed E-state index contributed by atoms with van der Waals surface area (Å²) in [6.07, 6.45) is 8.59. The molecule has 0 saturated heterocycles. The molecule has 0 amide bonds. The molecule has 0 aliphatic heterocycles. The Hall–Kier alpha value is -2.02. The molecule has 0 saturated carbocycles. The predicted octanol–water partition coefficient (Wildman–Crippen LogP) is 5.52. The zero-order chi connectivity index (χ0) is 15.2. The highest BCUT2D eigenvalue weighted by Gasteiger charge is 2.19. The molecular formula is C21H24O. The summed E-state index contributed by atoms with van der Waals surface area (Å²) in [5, 5.41) is 0. The SMILES string of the molecule is COc1ccc([C@H](CCc2ccccc2)C2=CCCC2)cc1. The molecule has 0 fully saturated rings. The molecule has 3 rings (SSSR count). The van der Waals surface area contributed by atoms with Gasteiger partial charge in [0.05, 0.1) is 7.11 Å². The van der Waals surface area contributed by atoms with E-state index in [1.807, 2.05) is 0 Å². The fourth-order valence-corrected chi connectivity index (χ4v) is 3.37. The van der Waals surface area contributed by atoms with Crippen LogP contribution in [-0.4, -0.2) is 7.11 Å². The minimum Gasteiger partial charge on any atom is -0.497 e. The third-order valence-corrected chi connectivity index (χ3v) is 4.61. The number of methoxy groups -OCH3 is 1. The normalized spacial score (nSPS) is 15.4. The van der Waals surface area contributed by atoms with Crippen LogP contribution in [0.5, 0.6) is 5.75 Å². The van der Waals surface area contributed by atoms with Gasteiger partial charge in [0.1, 0.15) is 5.75 Å². The van der Waals surface area contributed by atoms with Crippen molar-refractivity contribution in [3.8, 4) is 5.75 Å². The van der Waals surface area contributed by atoms with Gasteiger partial charge in [0, 0.05) is 5.92 Å². The summed E-state index contributed by atoms with van der Waals surface area (Å²) in [6, 6.07) is 19.4. The van der Waals surface area contributed by atoms with Crippen molar-refractivity contribution in [2.45, 2.75) is 38.0 Å². The van der Waals surface area contributed by atoms with Crippen LogP contribution in [-0.2, 0) is 6.42 Å². The predicted molar refractivity (Wildman–Crippen MR) is 92.4 cm³/mol. The van der Waals surface area contributed by atoms with E-state index in [-0.39, 0.29) is 0 Å². The second-order valence-electron chi connectivity index (χ2n) is 6.02. The maximum atomic E-state index is 5.29. The number of hydrogen-bond donors (Lipinski definition) is 0. The molecule has 22 heavy (non-hydrogen) atoms. The smallest absolute Gasteiger partial charge is 0.118 e. The quantitative estimate of drug-likeness (QED) is 0.637. The number of rotatable bonds is 6. The van der Waals surface area contributed by atoms with E-state index in [2.05, 4.69) is 60.7 Å². The molecule has 114 valence electrons. The molecule has 1 nitrogen and oxygen atoms in total. The summed E-state index contributed by atoms with van der Waals surface area (Å²) in [6.45, 7) is 0. The van der Waals surface area contributed by atoms with E-state index < -0.39 is 0 Å². The molecule has 2 aromatic rings. The first-order chi connectivity index (χ1) is 10.9. The second-order valence-corrected chi connectivity index (χ2v) is 6.02. The van der Waals surface area contributed by atoms with Crippen LogP contribution >= 0.6 is 0 Å². The van der Waals surface area contributed by atoms with E-state index in [1.165, 1.54) is 36.8 Å². The highest BCUT2D eigenvalue weighted by molar-refractivity contribution is 5.35. The average Bonchev–Trinajstić information content (AvgIpc) is 3.11. The lowest BCUT2D eigenvalue weighted by atomic mass is 9.85. The molecule has 0 aromatic heterocycles. The van der Waals surface area contributed by atoms with Gasteiger partial charge in [-0.25, -0.2) is 0 Å². The van der Waals surface area contributed by atoms with Crippen LogP contribution in [0.25, 0.3) is 0 Å². The summed E-state index contributed by atoms with van der Waals surface area (Å²) >= 11 is 0. The summed E-state index contributed by atoms with van der Waals surface area (Å²) in [5.74, 6) is 1.49. The summed E-state index contributed by atoms with van der Waals surface area (Å²) in [7, 11) is 1.72. The summed E-state index contributed by atoms with van der Waals surface area (Å²) < 4.78 is 5.29. The van der Waals surface area contributed by atoms with Gasteiger partial charge in [-0.1, -0.05) is 54.1 Å². The second kappa shape index (κ2) is 7.31. The van der Waals surface area contributed by atoms with E-state index in [9.17, 15) is 0 Å². The van der Waals surface area contributed by atoms with Crippen molar-refractivity contribution in [2.75, 3.05) is 7.11 Å². The Morgan fingerprint density at radius 1 is 1.00 bits per heavy atom. The number of ether oxygens (including phenoxy) is 1. The molecule has 0 heterocycles. The molecule has 1 heteroatoms. The third-order valence-electron chi connectivity index (χ3n) is 4.61. The van der Waals surface area contributed by atoms with Gasteiger partial charge in [0.2, 0.25) is 0 Å². The van der Waals surface area contributed by atoms with Crippen LogP contribution in [0.15, 0.2) is 66.2 Å². The first-order valence-electron chi connectivity index (χ1n) is 8.23. The van der Waals surface area contributed by atoms with Crippen LogP contribution in [0.1, 0.15) is 42.7 Å². The van der Waals surface area contributed by atoms with E-state index in [0.29, 0.717) is 5.92 Å². The zero-order valence-electron chi connectivity index (χ0n) is 13.3. The summed E-state index contributed by atoms with van der Waals surface area (Å²) in [5.41, 5.74) is 4.48. The molecule has 0 N–H and O–H groups in total. The van der Waals surface area contributed by atoms with Gasteiger partial charge in [0.15, 0.2) is 0 Å². The lowest BCUT2D eigenvalue weighted by molar-refractivity contribution is 0.414. The van der Waals surface area contributed by atoms with Gasteiger partial charge >= 0.3 is 0 Å². The van der Waals surface area contributed by atoms with Gasteiger partial charge in [-0.2, -0.15) is 0 Å². The largest absolute Gasteiger partial charge is 0.497 e. The lowest BCUT2D eigenvalue weighted by Gasteiger charge is -2.19. The van der Waals surface area contributed by atoms with Gasteiger partial charge in [-0.3, -0.25) is 0 Å². The van der Waals surface area contributed by atoms with Gasteiger partial charge < -0.3 is 4.74 Å². The molecule has 1 aliphatic carbocycles. The van der Waals surface area contributed by atoms with E-state index in [0.717, 1.165) is 12.2 Å². The van der Waals surface area contributed by atoms with E-state index in [1.54, 1.807) is 12.7 Å². The highest BCUT2D eigenvalue weighted by atomic mass is 16.5. The van der Waals surface area contributed by atoms with Crippen molar-refractivity contribution in [1.29, 1.82) is 0 Å². The van der Waals surface area contributed by atoms with Gasteiger partial charge in [-0.05, 0) is 55.4 Å². The van der Waals surface area contributed by atoms with E-state index in [4.69, 9.17) is 4.74 Å². The van der Waals surface area contributed by atoms with Crippen molar-refractivity contribution in [1.82, 2.24) is 0 Å². The van der Waals surface area contributed by atoms with Crippen molar-refractivity contribution >= 4 is 0 Å². The first-order valence-corrected chi connectivity index (χ1v) is 8.23. The molecule has 0 radical (unpaired) electrons. The van der Waals surface area contributed by atoms with Crippen molar-refractivity contribution in [3.05, 3.63) is 77.4 Å². The fraction of sp³-hybridized carbons (Fsp3) is 0.333. The van der Waals surface area contributed by atoms with Crippen LogP contribution in [0, 0.1) is 0 Å². The molecule has 1 aliphatic rings. The topological polar surface area (TPSA) is 9.23 Å². The first kappa shape index (κ1) is 14.9. The molecule has 0 spiro atoms. The Morgan fingerprint density at radius 3 is 2.41 bits per heavy atom.